The Hall–Kier alpha value is -2.42. The summed E-state index contributed by atoms with van der Waals surface area (Å²) < 4.78 is 0. The van der Waals surface area contributed by atoms with Gasteiger partial charge in [-0.15, -0.1) is 0 Å². The van der Waals surface area contributed by atoms with E-state index in [9.17, 15) is 4.79 Å². The van der Waals surface area contributed by atoms with Crippen LogP contribution < -0.4 is 0 Å². The SMILES string of the molecule is C/C(=C\C(=O)O)c1cncc(-c2ccccc2C)c1. The summed E-state index contributed by atoms with van der Waals surface area (Å²) in [5.41, 5.74) is 4.79. The molecule has 0 atom stereocenters. The van der Waals surface area contributed by atoms with E-state index in [2.05, 4.69) is 4.98 Å². The van der Waals surface area contributed by atoms with Crippen molar-refractivity contribution in [3.05, 3.63) is 59.9 Å². The van der Waals surface area contributed by atoms with Gasteiger partial charge in [-0.05, 0) is 42.2 Å². The molecular formula is C16H15NO2. The summed E-state index contributed by atoms with van der Waals surface area (Å²) in [6.45, 7) is 3.81. The van der Waals surface area contributed by atoms with Gasteiger partial charge in [0.2, 0.25) is 0 Å². The van der Waals surface area contributed by atoms with Crippen LogP contribution in [0.4, 0.5) is 0 Å². The predicted molar refractivity (Wildman–Crippen MR) is 75.7 cm³/mol. The lowest BCUT2D eigenvalue weighted by Gasteiger charge is -2.07. The van der Waals surface area contributed by atoms with E-state index >= 15 is 0 Å². The fourth-order valence-corrected chi connectivity index (χ4v) is 1.97. The average Bonchev–Trinajstić information content (AvgIpc) is 2.38. The highest BCUT2D eigenvalue weighted by atomic mass is 16.4. The van der Waals surface area contributed by atoms with Gasteiger partial charge in [-0.3, -0.25) is 4.98 Å². The molecule has 2 aromatic rings. The van der Waals surface area contributed by atoms with Crippen molar-refractivity contribution < 1.29 is 9.90 Å². The van der Waals surface area contributed by atoms with Crippen molar-refractivity contribution >= 4 is 11.5 Å². The monoisotopic (exact) mass is 253 g/mol. The summed E-state index contributed by atoms with van der Waals surface area (Å²) in [5.74, 6) is -0.946. The van der Waals surface area contributed by atoms with Gasteiger partial charge >= 0.3 is 5.97 Å². The van der Waals surface area contributed by atoms with E-state index in [1.165, 1.54) is 11.6 Å². The second kappa shape index (κ2) is 5.48. The first-order chi connectivity index (χ1) is 9.08. The molecule has 96 valence electrons. The molecule has 0 saturated carbocycles. The quantitative estimate of drug-likeness (QED) is 0.851. The van der Waals surface area contributed by atoms with E-state index < -0.39 is 5.97 Å². The second-order valence-corrected chi connectivity index (χ2v) is 4.44. The van der Waals surface area contributed by atoms with Crippen LogP contribution in [0.25, 0.3) is 16.7 Å². The van der Waals surface area contributed by atoms with Gasteiger partial charge in [0, 0.05) is 24.0 Å². The van der Waals surface area contributed by atoms with Crippen LogP contribution in [0.3, 0.4) is 0 Å². The van der Waals surface area contributed by atoms with E-state index in [0.29, 0.717) is 5.57 Å². The second-order valence-electron chi connectivity index (χ2n) is 4.44. The number of benzene rings is 1. The summed E-state index contributed by atoms with van der Waals surface area (Å²) >= 11 is 0. The molecule has 0 aliphatic rings. The van der Waals surface area contributed by atoms with Gasteiger partial charge in [-0.1, -0.05) is 24.3 Å². The van der Waals surface area contributed by atoms with Gasteiger partial charge in [-0.25, -0.2) is 4.79 Å². The maximum Gasteiger partial charge on any atom is 0.328 e. The molecule has 0 aliphatic heterocycles. The minimum atomic E-state index is -0.946. The zero-order chi connectivity index (χ0) is 13.8. The molecule has 0 unspecified atom stereocenters. The lowest BCUT2D eigenvalue weighted by molar-refractivity contribution is -0.131. The van der Waals surface area contributed by atoms with Gasteiger partial charge < -0.3 is 5.11 Å². The molecule has 1 heterocycles. The van der Waals surface area contributed by atoms with Crippen molar-refractivity contribution in [3.8, 4) is 11.1 Å². The number of carboxylic acids is 1. The number of carbonyl (C=O) groups is 1. The maximum absolute atomic E-state index is 10.7. The zero-order valence-corrected chi connectivity index (χ0v) is 10.9. The van der Waals surface area contributed by atoms with Crippen LogP contribution >= 0.6 is 0 Å². The molecule has 3 heteroatoms. The van der Waals surface area contributed by atoms with Crippen LogP contribution in [-0.4, -0.2) is 16.1 Å². The number of aliphatic carboxylic acids is 1. The fraction of sp³-hybridized carbons (Fsp3) is 0.125. The van der Waals surface area contributed by atoms with Gasteiger partial charge in [0.05, 0.1) is 0 Å². The highest BCUT2D eigenvalue weighted by Crippen LogP contribution is 2.25. The van der Waals surface area contributed by atoms with E-state index in [1.54, 1.807) is 19.3 Å². The molecule has 0 bridgehead atoms. The van der Waals surface area contributed by atoms with Crippen LogP contribution in [0.2, 0.25) is 0 Å². The lowest BCUT2D eigenvalue weighted by atomic mass is 9.99. The van der Waals surface area contributed by atoms with Gasteiger partial charge in [0.15, 0.2) is 0 Å². The number of pyridine rings is 1. The van der Waals surface area contributed by atoms with E-state index in [-0.39, 0.29) is 0 Å². The molecule has 0 aliphatic carbocycles. The molecule has 0 spiro atoms. The largest absolute Gasteiger partial charge is 0.478 e. The molecule has 0 radical (unpaired) electrons. The van der Waals surface area contributed by atoms with E-state index in [4.69, 9.17) is 5.11 Å². The molecular weight excluding hydrogens is 238 g/mol. The fourth-order valence-electron chi connectivity index (χ4n) is 1.97. The lowest BCUT2D eigenvalue weighted by Crippen LogP contribution is -1.92. The average molecular weight is 253 g/mol. The molecule has 3 nitrogen and oxygen atoms in total. The molecule has 19 heavy (non-hydrogen) atoms. The Labute approximate surface area is 112 Å². The number of aromatic nitrogens is 1. The number of allylic oxidation sites excluding steroid dienone is 1. The first-order valence-electron chi connectivity index (χ1n) is 6.00. The van der Waals surface area contributed by atoms with Crippen molar-refractivity contribution in [2.45, 2.75) is 13.8 Å². The number of nitrogens with zero attached hydrogens (tertiary/aromatic N) is 1. The first kappa shape index (κ1) is 13.0. The number of rotatable bonds is 3. The Balaban J connectivity index is 2.46. The van der Waals surface area contributed by atoms with Gasteiger partial charge in [-0.2, -0.15) is 0 Å². The summed E-state index contributed by atoms with van der Waals surface area (Å²) in [4.78, 5) is 14.9. The van der Waals surface area contributed by atoms with Crippen LogP contribution in [0.5, 0.6) is 0 Å². The smallest absolute Gasteiger partial charge is 0.328 e. The molecule has 1 aromatic carbocycles. The van der Waals surface area contributed by atoms with Crippen molar-refractivity contribution in [1.29, 1.82) is 0 Å². The highest BCUT2D eigenvalue weighted by molar-refractivity contribution is 5.89. The van der Waals surface area contributed by atoms with Crippen LogP contribution in [0.15, 0.2) is 48.8 Å². The van der Waals surface area contributed by atoms with Crippen LogP contribution in [0.1, 0.15) is 18.1 Å². The van der Waals surface area contributed by atoms with E-state index in [0.717, 1.165) is 16.7 Å². The normalized spacial score (nSPS) is 11.4. The molecule has 0 fully saturated rings. The Morgan fingerprint density at radius 3 is 2.68 bits per heavy atom. The Kier molecular flexibility index (Phi) is 3.76. The van der Waals surface area contributed by atoms with E-state index in [1.807, 2.05) is 37.3 Å². The maximum atomic E-state index is 10.7. The number of hydrogen-bond donors (Lipinski definition) is 1. The Bertz CT molecular complexity index is 645. The van der Waals surface area contributed by atoms with Crippen molar-refractivity contribution in [2.75, 3.05) is 0 Å². The molecule has 1 aromatic heterocycles. The minimum absolute atomic E-state index is 0.690. The molecule has 0 saturated heterocycles. The first-order valence-corrected chi connectivity index (χ1v) is 6.00. The molecule has 2 rings (SSSR count). The van der Waals surface area contributed by atoms with Crippen molar-refractivity contribution in [2.24, 2.45) is 0 Å². The van der Waals surface area contributed by atoms with Crippen LogP contribution in [-0.2, 0) is 4.79 Å². The number of hydrogen-bond acceptors (Lipinski definition) is 2. The molecule has 1 N–H and O–H groups in total. The van der Waals surface area contributed by atoms with Crippen LogP contribution in [0, 0.1) is 6.92 Å². The third-order valence-corrected chi connectivity index (χ3v) is 2.99. The third-order valence-electron chi connectivity index (χ3n) is 2.99. The third kappa shape index (κ3) is 3.07. The number of aryl methyl sites for hydroxylation is 1. The standard InChI is InChI=1S/C16H15NO2/c1-11-5-3-4-6-15(11)14-8-13(9-17-10-14)12(2)7-16(18)19/h3-10H,1-2H3,(H,18,19)/b12-7+. The zero-order valence-electron chi connectivity index (χ0n) is 10.9. The van der Waals surface area contributed by atoms with Gasteiger partial charge in [0.25, 0.3) is 0 Å². The summed E-state index contributed by atoms with van der Waals surface area (Å²) in [5, 5.41) is 8.78. The van der Waals surface area contributed by atoms with Gasteiger partial charge in [0.1, 0.15) is 0 Å². The predicted octanol–water partition coefficient (Wildman–Crippen LogP) is 3.54. The summed E-state index contributed by atoms with van der Waals surface area (Å²) in [7, 11) is 0. The summed E-state index contributed by atoms with van der Waals surface area (Å²) in [6, 6.07) is 10.0. The van der Waals surface area contributed by atoms with Crippen molar-refractivity contribution in [1.82, 2.24) is 4.98 Å². The Morgan fingerprint density at radius 2 is 2.00 bits per heavy atom. The Morgan fingerprint density at radius 1 is 1.26 bits per heavy atom. The topological polar surface area (TPSA) is 50.2 Å². The minimum Gasteiger partial charge on any atom is -0.478 e. The molecule has 0 amide bonds. The highest BCUT2D eigenvalue weighted by Gasteiger charge is 2.04. The number of carboxylic acid groups (broad SMARTS) is 1. The summed E-state index contributed by atoms with van der Waals surface area (Å²) in [6.07, 6.45) is 4.66. The van der Waals surface area contributed by atoms with Crippen molar-refractivity contribution in [3.63, 3.8) is 0 Å².